The number of carbonyl (C=O) groups excluding carboxylic acids is 1. The summed E-state index contributed by atoms with van der Waals surface area (Å²) in [7, 11) is 0. The highest BCUT2D eigenvalue weighted by molar-refractivity contribution is 7.09. The Hall–Kier alpha value is -3.66. The molecule has 30 heavy (non-hydrogen) atoms. The zero-order valence-electron chi connectivity index (χ0n) is 16.2. The lowest BCUT2D eigenvalue weighted by atomic mass is 10.0. The van der Waals surface area contributed by atoms with E-state index in [1.807, 2.05) is 36.6 Å². The molecular weight excluding hydrogens is 408 g/mol. The number of nitro benzene ring substituents is 2. The summed E-state index contributed by atoms with van der Waals surface area (Å²) >= 11 is 1.58. The minimum atomic E-state index is -0.755. The normalized spacial score (nSPS) is 10.6. The molecule has 1 aromatic heterocycles. The van der Waals surface area contributed by atoms with Gasteiger partial charge >= 0.3 is 0 Å². The molecule has 0 spiro atoms. The van der Waals surface area contributed by atoms with Crippen LogP contribution in [0.3, 0.4) is 0 Å². The third-order valence-electron chi connectivity index (χ3n) is 4.59. The van der Waals surface area contributed by atoms with Crippen LogP contribution in [0.15, 0.2) is 41.8 Å². The molecule has 0 saturated heterocycles. The van der Waals surface area contributed by atoms with Crippen molar-refractivity contribution in [3.8, 4) is 11.3 Å². The van der Waals surface area contributed by atoms with Gasteiger partial charge < -0.3 is 5.32 Å². The zero-order chi connectivity index (χ0) is 21.8. The molecule has 0 aliphatic rings. The van der Waals surface area contributed by atoms with Crippen LogP contribution in [0.4, 0.5) is 11.4 Å². The number of aromatic nitrogens is 1. The van der Waals surface area contributed by atoms with E-state index in [1.54, 1.807) is 11.3 Å². The maximum Gasteiger partial charge on any atom is 0.279 e. The van der Waals surface area contributed by atoms with E-state index in [4.69, 9.17) is 0 Å². The van der Waals surface area contributed by atoms with Gasteiger partial charge in [0.25, 0.3) is 17.3 Å². The van der Waals surface area contributed by atoms with Crippen molar-refractivity contribution in [2.24, 2.45) is 0 Å². The van der Waals surface area contributed by atoms with Crippen LogP contribution in [0.1, 0.15) is 26.5 Å². The number of hydrogen-bond acceptors (Lipinski definition) is 7. The maximum absolute atomic E-state index is 12.5. The van der Waals surface area contributed by atoms with E-state index in [-0.39, 0.29) is 17.7 Å². The van der Waals surface area contributed by atoms with Gasteiger partial charge in [-0.3, -0.25) is 25.0 Å². The van der Waals surface area contributed by atoms with Gasteiger partial charge in [0.05, 0.1) is 32.2 Å². The number of non-ortho nitro benzene ring substituents is 1. The average Bonchev–Trinajstić information content (AvgIpc) is 3.14. The van der Waals surface area contributed by atoms with Gasteiger partial charge in [0.15, 0.2) is 0 Å². The summed E-state index contributed by atoms with van der Waals surface area (Å²) in [4.78, 5) is 37.6. The number of nitrogens with one attached hydrogen (secondary N) is 1. The van der Waals surface area contributed by atoms with Crippen LogP contribution >= 0.6 is 11.3 Å². The fourth-order valence-electron chi connectivity index (χ4n) is 2.97. The van der Waals surface area contributed by atoms with Crippen molar-refractivity contribution in [3.05, 3.63) is 83.7 Å². The van der Waals surface area contributed by atoms with E-state index in [2.05, 4.69) is 10.3 Å². The molecule has 3 rings (SSSR count). The van der Waals surface area contributed by atoms with Gasteiger partial charge in [-0.25, -0.2) is 4.98 Å². The van der Waals surface area contributed by atoms with Gasteiger partial charge in [-0.15, -0.1) is 11.3 Å². The number of amides is 1. The number of hydrogen-bond donors (Lipinski definition) is 1. The third-order valence-corrected chi connectivity index (χ3v) is 5.36. The molecule has 10 heteroatoms. The maximum atomic E-state index is 12.5. The summed E-state index contributed by atoms with van der Waals surface area (Å²) in [5.41, 5.74) is 1.98. The van der Waals surface area contributed by atoms with Gasteiger partial charge in [-0.1, -0.05) is 24.3 Å². The quantitative estimate of drug-likeness (QED) is 0.445. The van der Waals surface area contributed by atoms with E-state index in [9.17, 15) is 25.0 Å². The van der Waals surface area contributed by atoms with Crippen molar-refractivity contribution >= 4 is 28.6 Å². The average molecular weight is 426 g/mol. The predicted molar refractivity (Wildman–Crippen MR) is 113 cm³/mol. The van der Waals surface area contributed by atoms with Crippen molar-refractivity contribution in [3.63, 3.8) is 0 Å². The molecule has 0 fully saturated rings. The van der Waals surface area contributed by atoms with Crippen molar-refractivity contribution < 1.29 is 14.6 Å². The second-order valence-electron chi connectivity index (χ2n) is 6.61. The predicted octanol–water partition coefficient (Wildman–Crippen LogP) is 4.22. The number of aryl methyl sites for hydroxylation is 1. The molecule has 1 N–H and O–H groups in total. The molecule has 0 aliphatic heterocycles. The van der Waals surface area contributed by atoms with Crippen molar-refractivity contribution in [2.75, 3.05) is 6.54 Å². The second kappa shape index (κ2) is 8.78. The first-order valence-electron chi connectivity index (χ1n) is 8.99. The van der Waals surface area contributed by atoms with Crippen LogP contribution in [0.25, 0.3) is 11.3 Å². The third kappa shape index (κ3) is 4.66. The van der Waals surface area contributed by atoms with Crippen molar-refractivity contribution in [1.82, 2.24) is 10.3 Å². The fraction of sp³-hybridized carbons (Fsp3) is 0.200. The van der Waals surface area contributed by atoms with Gasteiger partial charge in [0.1, 0.15) is 0 Å². The minimum Gasteiger partial charge on any atom is -0.352 e. The Morgan fingerprint density at radius 1 is 1.10 bits per heavy atom. The van der Waals surface area contributed by atoms with E-state index < -0.39 is 27.1 Å². The summed E-state index contributed by atoms with van der Waals surface area (Å²) in [6.45, 7) is 3.63. The van der Waals surface area contributed by atoms with Gasteiger partial charge in [0, 0.05) is 29.1 Å². The Kier molecular flexibility index (Phi) is 6.17. The van der Waals surface area contributed by atoms with Crippen molar-refractivity contribution in [2.45, 2.75) is 20.3 Å². The first-order valence-corrected chi connectivity index (χ1v) is 9.87. The number of nitrogens with zero attached hydrogens (tertiary/aromatic N) is 3. The monoisotopic (exact) mass is 426 g/mol. The van der Waals surface area contributed by atoms with Crippen LogP contribution in [0.2, 0.25) is 0 Å². The highest BCUT2D eigenvalue weighted by Crippen LogP contribution is 2.28. The topological polar surface area (TPSA) is 128 Å². The van der Waals surface area contributed by atoms with E-state index in [0.29, 0.717) is 6.42 Å². The summed E-state index contributed by atoms with van der Waals surface area (Å²) in [5, 5.41) is 27.8. The van der Waals surface area contributed by atoms with Crippen LogP contribution < -0.4 is 5.32 Å². The lowest BCUT2D eigenvalue weighted by Crippen LogP contribution is -2.26. The molecule has 154 valence electrons. The van der Waals surface area contributed by atoms with Crippen LogP contribution in [0, 0.1) is 34.1 Å². The highest BCUT2D eigenvalue weighted by Gasteiger charge is 2.24. The fourth-order valence-corrected chi connectivity index (χ4v) is 3.59. The number of rotatable bonds is 7. The van der Waals surface area contributed by atoms with Crippen molar-refractivity contribution in [1.29, 1.82) is 0 Å². The lowest BCUT2D eigenvalue weighted by Gasteiger charge is -2.09. The summed E-state index contributed by atoms with van der Waals surface area (Å²) in [5.74, 6) is -0.589. The van der Waals surface area contributed by atoms with Gasteiger partial charge in [-0.05, 0) is 25.8 Å². The van der Waals surface area contributed by atoms with Crippen LogP contribution in [-0.2, 0) is 6.42 Å². The lowest BCUT2D eigenvalue weighted by molar-refractivity contribution is -0.394. The van der Waals surface area contributed by atoms with E-state index in [1.165, 1.54) is 6.92 Å². The highest BCUT2D eigenvalue weighted by atomic mass is 32.1. The minimum absolute atomic E-state index is 0.0786. The summed E-state index contributed by atoms with van der Waals surface area (Å²) in [6, 6.07) is 9.72. The van der Waals surface area contributed by atoms with Crippen LogP contribution in [-0.4, -0.2) is 27.3 Å². The van der Waals surface area contributed by atoms with E-state index in [0.717, 1.165) is 34.0 Å². The molecule has 2 aromatic carbocycles. The first kappa shape index (κ1) is 21.1. The Bertz CT molecular complexity index is 1120. The number of benzene rings is 2. The smallest absolute Gasteiger partial charge is 0.279 e. The second-order valence-corrected chi connectivity index (χ2v) is 7.67. The van der Waals surface area contributed by atoms with E-state index >= 15 is 0 Å². The molecule has 0 bridgehead atoms. The summed E-state index contributed by atoms with van der Waals surface area (Å²) < 4.78 is 0. The Morgan fingerprint density at radius 2 is 1.80 bits per heavy atom. The molecule has 1 heterocycles. The molecular formula is C20H18N4O5S. The molecule has 0 aliphatic carbocycles. The van der Waals surface area contributed by atoms with Gasteiger partial charge in [-0.2, -0.15) is 0 Å². The first-order chi connectivity index (χ1) is 14.3. The summed E-state index contributed by atoms with van der Waals surface area (Å²) in [6.07, 6.45) is 0.540. The zero-order valence-corrected chi connectivity index (χ0v) is 17.1. The number of nitro groups is 2. The standard InChI is InChI=1S/C20H18N4O5S/c1-12-17(9-16(23(26)27)10-19(12)24(28)29)20(25)21-8-7-14-3-5-15(6-4-14)18-11-30-13(2)22-18/h3-6,9-11H,7-8H2,1-2H3,(H,21,25). The number of thiazole rings is 1. The molecule has 9 nitrogen and oxygen atoms in total. The Morgan fingerprint density at radius 3 is 2.37 bits per heavy atom. The Balaban J connectivity index is 1.67. The molecule has 0 unspecified atom stereocenters. The SMILES string of the molecule is Cc1nc(-c2ccc(CCNC(=O)c3cc([N+](=O)[O-])cc([N+](=O)[O-])c3C)cc2)cs1. The molecule has 1 amide bonds. The number of carbonyl (C=O) groups is 1. The largest absolute Gasteiger partial charge is 0.352 e. The van der Waals surface area contributed by atoms with Crippen LogP contribution in [0.5, 0.6) is 0 Å². The molecule has 0 atom stereocenters. The van der Waals surface area contributed by atoms with Gasteiger partial charge in [0.2, 0.25) is 0 Å². The molecule has 0 radical (unpaired) electrons. The molecule has 0 saturated carbocycles. The Labute approximate surface area is 175 Å². The molecule has 3 aromatic rings.